The number of amides is 1. The highest BCUT2D eigenvalue weighted by atomic mass is 19.1. The van der Waals surface area contributed by atoms with E-state index in [0.717, 1.165) is 5.56 Å². The van der Waals surface area contributed by atoms with Crippen LogP contribution in [0.3, 0.4) is 0 Å². The third kappa shape index (κ3) is 3.90. The van der Waals surface area contributed by atoms with Crippen molar-refractivity contribution in [1.29, 1.82) is 0 Å². The van der Waals surface area contributed by atoms with E-state index in [0.29, 0.717) is 43.4 Å². The molecule has 0 aromatic heterocycles. The van der Waals surface area contributed by atoms with Crippen molar-refractivity contribution in [3.8, 4) is 11.5 Å². The largest absolute Gasteiger partial charge is 0.497 e. The maximum absolute atomic E-state index is 13.9. The summed E-state index contributed by atoms with van der Waals surface area (Å²) in [5.74, 6) is 1.15. The lowest BCUT2D eigenvalue weighted by Crippen LogP contribution is -2.49. The molecule has 6 heteroatoms. The van der Waals surface area contributed by atoms with Gasteiger partial charge in [-0.25, -0.2) is 4.39 Å². The Balaban J connectivity index is 1.61. The lowest BCUT2D eigenvalue weighted by molar-refractivity contribution is -0.130. The summed E-state index contributed by atoms with van der Waals surface area (Å²) in [4.78, 5) is 16.4. The van der Waals surface area contributed by atoms with Crippen LogP contribution in [0.2, 0.25) is 0 Å². The van der Waals surface area contributed by atoms with E-state index < -0.39 is 0 Å². The van der Waals surface area contributed by atoms with Crippen LogP contribution >= 0.6 is 0 Å². The summed E-state index contributed by atoms with van der Waals surface area (Å²) < 4.78 is 24.5. The van der Waals surface area contributed by atoms with Crippen LogP contribution in [-0.2, 0) is 11.2 Å². The summed E-state index contributed by atoms with van der Waals surface area (Å²) in [6, 6.07) is 12.2. The minimum absolute atomic E-state index is 0.0432. The van der Waals surface area contributed by atoms with Gasteiger partial charge in [0.15, 0.2) is 0 Å². The van der Waals surface area contributed by atoms with Gasteiger partial charge >= 0.3 is 0 Å². The first kappa shape index (κ1) is 18.0. The van der Waals surface area contributed by atoms with Gasteiger partial charge in [0, 0.05) is 37.8 Å². The predicted molar refractivity (Wildman–Crippen MR) is 98.4 cm³/mol. The Hall–Kier alpha value is -2.76. The molecule has 0 saturated carbocycles. The fourth-order valence-corrected chi connectivity index (χ4v) is 3.18. The fourth-order valence-electron chi connectivity index (χ4n) is 3.18. The summed E-state index contributed by atoms with van der Waals surface area (Å²) >= 11 is 0. The Bertz CT molecular complexity index is 773. The van der Waals surface area contributed by atoms with E-state index in [1.54, 1.807) is 32.4 Å². The van der Waals surface area contributed by atoms with E-state index in [9.17, 15) is 9.18 Å². The van der Waals surface area contributed by atoms with Gasteiger partial charge in [0.1, 0.15) is 17.3 Å². The van der Waals surface area contributed by atoms with E-state index in [2.05, 4.69) is 0 Å². The number of benzene rings is 2. The molecule has 0 N–H and O–H groups in total. The summed E-state index contributed by atoms with van der Waals surface area (Å²) in [5.41, 5.74) is 1.42. The highest BCUT2D eigenvalue weighted by molar-refractivity contribution is 5.80. The first-order valence-electron chi connectivity index (χ1n) is 8.60. The molecule has 1 aliphatic heterocycles. The molecule has 0 aliphatic carbocycles. The van der Waals surface area contributed by atoms with Crippen LogP contribution in [-0.4, -0.2) is 51.2 Å². The maximum atomic E-state index is 13.9. The van der Waals surface area contributed by atoms with Crippen LogP contribution in [0.15, 0.2) is 42.5 Å². The summed E-state index contributed by atoms with van der Waals surface area (Å²) in [5, 5.41) is 0. The Morgan fingerprint density at radius 2 is 1.77 bits per heavy atom. The number of piperazine rings is 1. The molecule has 1 heterocycles. The molecule has 0 unspecified atom stereocenters. The fraction of sp³-hybridized carbons (Fsp3) is 0.350. The number of halogens is 1. The second-order valence-corrected chi connectivity index (χ2v) is 6.17. The van der Waals surface area contributed by atoms with E-state index in [1.807, 2.05) is 28.0 Å². The van der Waals surface area contributed by atoms with Crippen LogP contribution < -0.4 is 14.4 Å². The molecule has 0 radical (unpaired) electrons. The molecular formula is C20H23FN2O3. The van der Waals surface area contributed by atoms with E-state index in [1.165, 1.54) is 6.07 Å². The first-order chi connectivity index (χ1) is 12.6. The Labute approximate surface area is 152 Å². The number of nitrogens with zero attached hydrogens (tertiary/aromatic N) is 2. The number of para-hydroxylation sites is 1. The Morgan fingerprint density at radius 1 is 1.04 bits per heavy atom. The minimum Gasteiger partial charge on any atom is -0.497 e. The molecule has 2 aromatic rings. The Morgan fingerprint density at radius 3 is 2.42 bits per heavy atom. The molecule has 2 aromatic carbocycles. The first-order valence-corrected chi connectivity index (χ1v) is 8.60. The number of carbonyl (C=O) groups is 1. The molecule has 1 amide bonds. The monoisotopic (exact) mass is 358 g/mol. The average molecular weight is 358 g/mol. The maximum Gasteiger partial charge on any atom is 0.227 e. The minimum atomic E-state index is -0.227. The second-order valence-electron chi connectivity index (χ2n) is 6.17. The number of carbonyl (C=O) groups excluding carboxylic acids is 1. The molecule has 3 rings (SSSR count). The number of hydrogen-bond donors (Lipinski definition) is 0. The number of ether oxygens (including phenoxy) is 2. The van der Waals surface area contributed by atoms with Gasteiger partial charge in [-0.05, 0) is 18.2 Å². The molecule has 1 fully saturated rings. The molecule has 5 nitrogen and oxygen atoms in total. The molecule has 138 valence electrons. The second kappa shape index (κ2) is 8.08. The standard InChI is InChI=1S/C20H23FN2O3/c1-25-16-8-7-15(19(14-16)26-2)13-20(24)23-11-9-22(10-12-23)18-6-4-3-5-17(18)21/h3-8,14H,9-13H2,1-2H3. The van der Waals surface area contributed by atoms with Gasteiger partial charge in [-0.1, -0.05) is 18.2 Å². The predicted octanol–water partition coefficient (Wildman–Crippen LogP) is 2.73. The average Bonchev–Trinajstić information content (AvgIpc) is 2.68. The molecule has 1 saturated heterocycles. The normalized spacial score (nSPS) is 14.3. The van der Waals surface area contributed by atoms with Crippen molar-refractivity contribution in [2.24, 2.45) is 0 Å². The number of rotatable bonds is 5. The third-order valence-electron chi connectivity index (χ3n) is 4.66. The van der Waals surface area contributed by atoms with Crippen LogP contribution in [0.5, 0.6) is 11.5 Å². The molecule has 1 aliphatic rings. The van der Waals surface area contributed by atoms with E-state index in [-0.39, 0.29) is 18.1 Å². The van der Waals surface area contributed by atoms with Crippen molar-refractivity contribution in [3.63, 3.8) is 0 Å². The molecular weight excluding hydrogens is 335 g/mol. The molecule has 26 heavy (non-hydrogen) atoms. The van der Waals surface area contributed by atoms with Crippen molar-refractivity contribution < 1.29 is 18.7 Å². The smallest absolute Gasteiger partial charge is 0.227 e. The van der Waals surface area contributed by atoms with E-state index >= 15 is 0 Å². The van der Waals surface area contributed by atoms with Gasteiger partial charge in [0.25, 0.3) is 0 Å². The summed E-state index contributed by atoms with van der Waals surface area (Å²) in [7, 11) is 3.17. The number of hydrogen-bond acceptors (Lipinski definition) is 4. The number of anilines is 1. The van der Waals surface area contributed by atoms with Gasteiger partial charge in [0.2, 0.25) is 5.91 Å². The van der Waals surface area contributed by atoms with Crippen molar-refractivity contribution in [1.82, 2.24) is 4.90 Å². The van der Waals surface area contributed by atoms with Crippen LogP contribution in [0.4, 0.5) is 10.1 Å². The van der Waals surface area contributed by atoms with Crippen molar-refractivity contribution >= 4 is 11.6 Å². The molecule has 0 spiro atoms. The van der Waals surface area contributed by atoms with Crippen molar-refractivity contribution in [2.45, 2.75) is 6.42 Å². The topological polar surface area (TPSA) is 42.0 Å². The summed E-state index contributed by atoms with van der Waals surface area (Å²) in [6.45, 7) is 2.39. The van der Waals surface area contributed by atoms with Crippen molar-refractivity contribution in [2.75, 3.05) is 45.3 Å². The van der Waals surface area contributed by atoms with Gasteiger partial charge in [-0.15, -0.1) is 0 Å². The third-order valence-corrected chi connectivity index (χ3v) is 4.66. The van der Waals surface area contributed by atoms with Crippen LogP contribution in [0.1, 0.15) is 5.56 Å². The zero-order chi connectivity index (χ0) is 18.5. The van der Waals surface area contributed by atoms with Crippen molar-refractivity contribution in [3.05, 3.63) is 53.8 Å². The highest BCUT2D eigenvalue weighted by Crippen LogP contribution is 2.26. The quantitative estimate of drug-likeness (QED) is 0.824. The summed E-state index contributed by atoms with van der Waals surface area (Å²) in [6.07, 6.45) is 0.271. The Kier molecular flexibility index (Phi) is 5.61. The van der Waals surface area contributed by atoms with Gasteiger partial charge in [-0.2, -0.15) is 0 Å². The number of methoxy groups -OCH3 is 2. The van der Waals surface area contributed by atoms with Crippen LogP contribution in [0, 0.1) is 5.82 Å². The van der Waals surface area contributed by atoms with E-state index in [4.69, 9.17) is 9.47 Å². The van der Waals surface area contributed by atoms with Crippen LogP contribution in [0.25, 0.3) is 0 Å². The lowest BCUT2D eigenvalue weighted by atomic mass is 10.1. The van der Waals surface area contributed by atoms with Gasteiger partial charge in [0.05, 0.1) is 26.3 Å². The van der Waals surface area contributed by atoms with Gasteiger partial charge < -0.3 is 19.3 Å². The van der Waals surface area contributed by atoms with Gasteiger partial charge in [-0.3, -0.25) is 4.79 Å². The highest BCUT2D eigenvalue weighted by Gasteiger charge is 2.23. The molecule has 0 atom stereocenters. The zero-order valence-electron chi connectivity index (χ0n) is 15.1. The lowest BCUT2D eigenvalue weighted by Gasteiger charge is -2.36. The zero-order valence-corrected chi connectivity index (χ0v) is 15.1. The molecule has 0 bridgehead atoms. The SMILES string of the molecule is COc1ccc(CC(=O)N2CCN(c3ccccc3F)CC2)c(OC)c1.